The summed E-state index contributed by atoms with van der Waals surface area (Å²) >= 11 is 0. The van der Waals surface area contributed by atoms with Gasteiger partial charge >= 0.3 is 0 Å². The van der Waals surface area contributed by atoms with Gasteiger partial charge in [-0.1, -0.05) is 134 Å². The summed E-state index contributed by atoms with van der Waals surface area (Å²) < 4.78 is 0. The molecule has 35 heavy (non-hydrogen) atoms. The third kappa shape index (κ3) is 20.6. The molecule has 0 bridgehead atoms. The fourth-order valence-corrected chi connectivity index (χ4v) is 4.26. The van der Waals surface area contributed by atoms with Crippen LogP contribution in [0, 0.1) is 37.5 Å². The first-order chi connectivity index (χ1) is 15.2. The second kappa shape index (κ2) is 21.9. The molecular formula is C35H66. The second-order valence-corrected chi connectivity index (χ2v) is 11.4. The highest BCUT2D eigenvalue weighted by Gasteiger charge is 2.13. The van der Waals surface area contributed by atoms with Crippen molar-refractivity contribution in [1.29, 1.82) is 0 Å². The Morgan fingerprint density at radius 3 is 0.943 bits per heavy atom. The van der Waals surface area contributed by atoms with Gasteiger partial charge in [0.05, 0.1) is 0 Å². The molecule has 2 unspecified atom stereocenters. The van der Waals surface area contributed by atoms with Crippen molar-refractivity contribution < 1.29 is 0 Å². The zero-order valence-electron chi connectivity index (χ0n) is 22.8. The van der Waals surface area contributed by atoms with Gasteiger partial charge in [0, 0.05) is 0 Å². The van der Waals surface area contributed by atoms with Crippen molar-refractivity contribution in [2.24, 2.45) is 23.7 Å². The molecule has 1 fully saturated rings. The zero-order chi connectivity index (χ0) is 23.9. The molecule has 1 aromatic carbocycles. The van der Waals surface area contributed by atoms with Gasteiger partial charge in [-0.2, -0.15) is 0 Å². The molecule has 3 aliphatic carbocycles. The van der Waals surface area contributed by atoms with Crippen molar-refractivity contribution in [3.05, 3.63) is 58.7 Å². The summed E-state index contributed by atoms with van der Waals surface area (Å²) in [5.41, 5.74) is 5.83. The molecule has 3 aliphatic rings. The number of allylic oxidation sites excluding steroid dienone is 4. The van der Waals surface area contributed by atoms with Gasteiger partial charge in [0.1, 0.15) is 0 Å². The molecule has 0 heteroatoms. The molecule has 0 aromatic heterocycles. The quantitative estimate of drug-likeness (QED) is 0.320. The van der Waals surface area contributed by atoms with Gasteiger partial charge in [0.25, 0.3) is 0 Å². The van der Waals surface area contributed by atoms with Gasteiger partial charge in [0.2, 0.25) is 0 Å². The predicted octanol–water partition coefficient (Wildman–Crippen LogP) is 12.5. The molecule has 2 atom stereocenters. The molecule has 206 valence electrons. The Morgan fingerprint density at radius 2 is 0.743 bits per heavy atom. The Labute approximate surface area is 224 Å². The minimum Gasteiger partial charge on any atom is -0.0853 e. The van der Waals surface area contributed by atoms with Crippen LogP contribution in [0.4, 0.5) is 0 Å². The third-order valence-electron chi connectivity index (χ3n) is 7.32. The van der Waals surface area contributed by atoms with E-state index in [4.69, 9.17) is 0 Å². The molecule has 0 amide bonds. The fraction of sp³-hybridized carbons (Fsp3) is 0.714. The maximum absolute atomic E-state index is 2.37. The van der Waals surface area contributed by atoms with E-state index in [9.17, 15) is 0 Å². The second-order valence-electron chi connectivity index (χ2n) is 11.4. The van der Waals surface area contributed by atoms with Crippen LogP contribution in [0.15, 0.2) is 47.6 Å². The highest BCUT2D eigenvalue weighted by Crippen LogP contribution is 2.27. The molecule has 1 saturated carbocycles. The molecular weight excluding hydrogens is 420 g/mol. The monoisotopic (exact) mass is 487 g/mol. The normalized spacial score (nSPS) is 24.8. The summed E-state index contributed by atoms with van der Waals surface area (Å²) in [5, 5.41) is 0. The van der Waals surface area contributed by atoms with E-state index in [-0.39, 0.29) is 22.3 Å². The molecule has 4 rings (SSSR count). The van der Waals surface area contributed by atoms with Crippen LogP contribution < -0.4 is 0 Å². The smallest absolute Gasteiger partial charge is 0.0320 e. The van der Waals surface area contributed by atoms with E-state index >= 15 is 0 Å². The maximum atomic E-state index is 2.37. The van der Waals surface area contributed by atoms with E-state index < -0.39 is 0 Å². The minimum absolute atomic E-state index is 0. The van der Waals surface area contributed by atoms with Gasteiger partial charge in [-0.15, -0.1) is 0 Å². The number of hydrogen-bond acceptors (Lipinski definition) is 0. The third-order valence-corrected chi connectivity index (χ3v) is 7.32. The van der Waals surface area contributed by atoms with Crippen LogP contribution in [0.3, 0.4) is 0 Å². The van der Waals surface area contributed by atoms with Crippen molar-refractivity contribution in [3.63, 3.8) is 0 Å². The summed E-state index contributed by atoms with van der Waals surface area (Å²) in [6, 6.07) is 8.48. The van der Waals surface area contributed by atoms with E-state index in [0.29, 0.717) is 0 Å². The predicted molar refractivity (Wildman–Crippen MR) is 166 cm³/mol. The number of rotatable bonds is 0. The zero-order valence-corrected chi connectivity index (χ0v) is 22.8. The Balaban J connectivity index is -0.000000379. The Kier molecular flexibility index (Phi) is 24.0. The van der Waals surface area contributed by atoms with Gasteiger partial charge in [-0.05, 0) is 89.9 Å². The lowest BCUT2D eigenvalue weighted by atomic mass is 9.84. The van der Waals surface area contributed by atoms with Crippen LogP contribution in [0.25, 0.3) is 0 Å². The van der Waals surface area contributed by atoms with Crippen molar-refractivity contribution in [3.8, 4) is 0 Å². The first-order valence-corrected chi connectivity index (χ1v) is 13.5. The van der Waals surface area contributed by atoms with E-state index in [1.54, 1.807) is 11.1 Å². The topological polar surface area (TPSA) is 0 Å². The standard InChI is InChI=1S/C8H16.2C8H14.C8H10.3CH4/c4*1-7-3-5-8(2)6-4-7;;;/h7-8H,3-6H2,1-2H3;2*3,8H,4-6H2,1-2H3;3-6H,1-2H3;3*1H4. The highest BCUT2D eigenvalue weighted by atomic mass is 14.2. The average molecular weight is 487 g/mol. The SMILES string of the molecule is C.C.C.CC1=CCC(C)CC1.CC1=CCC(C)CC1.CC1CCC(C)CC1.Cc1ccc(C)cc1. The van der Waals surface area contributed by atoms with E-state index in [0.717, 1.165) is 23.7 Å². The summed E-state index contributed by atoms with van der Waals surface area (Å²) in [4.78, 5) is 0. The number of aryl methyl sites for hydroxylation is 2. The van der Waals surface area contributed by atoms with Crippen LogP contribution in [0.2, 0.25) is 0 Å². The lowest BCUT2D eigenvalue weighted by molar-refractivity contribution is 0.308. The maximum Gasteiger partial charge on any atom is -0.0320 e. The molecule has 0 spiro atoms. The Morgan fingerprint density at radius 1 is 0.457 bits per heavy atom. The summed E-state index contributed by atoms with van der Waals surface area (Å²) in [6.07, 6.45) is 18.7. The van der Waals surface area contributed by atoms with Gasteiger partial charge in [0.15, 0.2) is 0 Å². The highest BCUT2D eigenvalue weighted by molar-refractivity contribution is 5.19. The molecule has 0 N–H and O–H groups in total. The first kappa shape index (κ1) is 38.2. The first-order valence-electron chi connectivity index (χ1n) is 13.5. The van der Waals surface area contributed by atoms with Gasteiger partial charge < -0.3 is 0 Å². The molecule has 0 saturated heterocycles. The average Bonchev–Trinajstić information content (AvgIpc) is 2.78. The summed E-state index contributed by atoms with van der Waals surface area (Å²) in [7, 11) is 0. The van der Waals surface area contributed by atoms with E-state index in [1.165, 1.54) is 75.3 Å². The molecule has 0 nitrogen and oxygen atoms in total. The number of hydrogen-bond donors (Lipinski definition) is 0. The largest absolute Gasteiger partial charge is 0.0853 e. The van der Waals surface area contributed by atoms with Crippen LogP contribution in [0.5, 0.6) is 0 Å². The lowest BCUT2D eigenvalue weighted by Crippen LogP contribution is -2.08. The van der Waals surface area contributed by atoms with Crippen LogP contribution in [0.1, 0.15) is 139 Å². The fourth-order valence-electron chi connectivity index (χ4n) is 4.26. The number of benzene rings is 1. The summed E-state index contributed by atoms with van der Waals surface area (Å²) in [5.74, 6) is 3.93. The van der Waals surface area contributed by atoms with Crippen LogP contribution in [-0.4, -0.2) is 0 Å². The van der Waals surface area contributed by atoms with Crippen molar-refractivity contribution >= 4 is 0 Å². The molecule has 0 radical (unpaired) electrons. The molecule has 0 heterocycles. The van der Waals surface area contributed by atoms with E-state index in [2.05, 4.69) is 91.8 Å². The lowest BCUT2D eigenvalue weighted by Gasteiger charge is -2.22. The molecule has 0 aliphatic heterocycles. The van der Waals surface area contributed by atoms with Gasteiger partial charge in [-0.25, -0.2) is 0 Å². The van der Waals surface area contributed by atoms with Gasteiger partial charge in [-0.3, -0.25) is 0 Å². The van der Waals surface area contributed by atoms with Crippen LogP contribution >= 0.6 is 0 Å². The molecule has 1 aromatic rings. The Bertz CT molecular complexity index is 593. The van der Waals surface area contributed by atoms with Crippen molar-refractivity contribution in [2.45, 2.75) is 142 Å². The van der Waals surface area contributed by atoms with Crippen molar-refractivity contribution in [2.75, 3.05) is 0 Å². The minimum atomic E-state index is 0. The van der Waals surface area contributed by atoms with Crippen molar-refractivity contribution in [1.82, 2.24) is 0 Å². The summed E-state index contributed by atoms with van der Waals surface area (Å²) in [6.45, 7) is 18.0. The van der Waals surface area contributed by atoms with E-state index in [1.807, 2.05) is 0 Å². The Hall–Kier alpha value is -1.30. The van der Waals surface area contributed by atoms with Crippen LogP contribution in [-0.2, 0) is 0 Å².